The van der Waals surface area contributed by atoms with Crippen molar-refractivity contribution in [1.29, 1.82) is 0 Å². The van der Waals surface area contributed by atoms with E-state index in [2.05, 4.69) is 10.3 Å². The Labute approximate surface area is 243 Å². The molecular weight excluding hydrogens is 542 g/mol. The fourth-order valence-corrected chi connectivity index (χ4v) is 5.74. The number of benzene rings is 2. The van der Waals surface area contributed by atoms with Crippen LogP contribution in [-0.4, -0.2) is 66.3 Å². The molecule has 1 fully saturated rings. The summed E-state index contributed by atoms with van der Waals surface area (Å²) in [6, 6.07) is 15.5. The first kappa shape index (κ1) is 29.9. The molecule has 1 unspecified atom stereocenters. The lowest BCUT2D eigenvalue weighted by atomic mass is 9.97. The molecule has 2 amide bonds. The lowest BCUT2D eigenvalue weighted by Gasteiger charge is -2.31. The normalized spacial score (nSPS) is 14.2. The molecule has 1 aliphatic rings. The van der Waals surface area contributed by atoms with Gasteiger partial charge in [0.05, 0.1) is 18.7 Å². The Bertz CT molecular complexity index is 1330. The molecule has 3 aromatic rings. The maximum absolute atomic E-state index is 13.0. The van der Waals surface area contributed by atoms with Crippen LogP contribution in [0.3, 0.4) is 0 Å². The van der Waals surface area contributed by atoms with Gasteiger partial charge >= 0.3 is 5.97 Å². The fourth-order valence-electron chi connectivity index (χ4n) is 4.77. The Morgan fingerprint density at radius 1 is 1.02 bits per heavy atom. The number of aromatic nitrogens is 1. The van der Waals surface area contributed by atoms with E-state index in [1.165, 1.54) is 11.3 Å². The van der Waals surface area contributed by atoms with Gasteiger partial charge in [-0.05, 0) is 49.6 Å². The molecule has 41 heavy (non-hydrogen) atoms. The minimum atomic E-state index is -0.819. The van der Waals surface area contributed by atoms with Crippen LogP contribution in [0.25, 0.3) is 0 Å². The van der Waals surface area contributed by atoms with Gasteiger partial charge in [0.25, 0.3) is 5.91 Å². The second-order valence-corrected chi connectivity index (χ2v) is 10.7. The van der Waals surface area contributed by atoms with E-state index in [1.54, 1.807) is 48.6 Å². The van der Waals surface area contributed by atoms with Gasteiger partial charge in [-0.1, -0.05) is 30.3 Å². The zero-order valence-corrected chi connectivity index (χ0v) is 24.2. The summed E-state index contributed by atoms with van der Waals surface area (Å²) in [6.45, 7) is 3.10. The topological polar surface area (TPSA) is 115 Å². The molecular formula is C31H35N3O6S. The lowest BCUT2D eigenvalue weighted by molar-refractivity contribution is -0.145. The quantitative estimate of drug-likeness (QED) is 0.250. The molecule has 0 radical (unpaired) electrons. The molecule has 0 aliphatic carbocycles. The predicted molar refractivity (Wildman–Crippen MR) is 155 cm³/mol. The molecule has 10 heteroatoms. The van der Waals surface area contributed by atoms with Gasteiger partial charge in [0, 0.05) is 49.2 Å². The van der Waals surface area contributed by atoms with Gasteiger partial charge in [-0.15, -0.1) is 11.3 Å². The number of ketones is 1. The summed E-state index contributed by atoms with van der Waals surface area (Å²) in [5.41, 5.74) is 1.74. The van der Waals surface area contributed by atoms with Crippen molar-refractivity contribution in [3.63, 3.8) is 0 Å². The number of hydrogen-bond donors (Lipinski definition) is 1. The number of thiazole rings is 1. The molecule has 2 heterocycles. The number of methoxy groups -OCH3 is 1. The minimum absolute atomic E-state index is 0.0343. The predicted octanol–water partition coefficient (Wildman–Crippen LogP) is 4.43. The van der Waals surface area contributed by atoms with E-state index in [0.717, 1.165) is 23.4 Å². The number of esters is 1. The molecule has 216 valence electrons. The van der Waals surface area contributed by atoms with E-state index in [9.17, 15) is 19.2 Å². The highest BCUT2D eigenvalue weighted by Gasteiger charge is 2.28. The summed E-state index contributed by atoms with van der Waals surface area (Å²) in [5, 5.41) is 5.34. The molecule has 1 N–H and O–H groups in total. The number of nitrogens with one attached hydrogen (secondary N) is 1. The smallest absolute Gasteiger partial charge is 0.328 e. The van der Waals surface area contributed by atoms with E-state index < -0.39 is 17.9 Å². The minimum Gasteiger partial charge on any atom is -0.497 e. The number of carbonyl (C=O) groups is 4. The van der Waals surface area contributed by atoms with Crippen molar-refractivity contribution in [2.45, 2.75) is 51.0 Å². The van der Waals surface area contributed by atoms with Crippen molar-refractivity contribution in [3.8, 4) is 5.75 Å². The third kappa shape index (κ3) is 8.23. The molecule has 4 rings (SSSR count). The zero-order valence-electron chi connectivity index (χ0n) is 23.3. The molecule has 1 aromatic heterocycles. The number of Topliss-reactive ketones (excluding diaryl/α,β-unsaturated/α-hetero) is 1. The van der Waals surface area contributed by atoms with Crippen LogP contribution in [0.5, 0.6) is 5.75 Å². The molecule has 1 atom stereocenters. The third-order valence-electron chi connectivity index (χ3n) is 7.09. The standard InChI is InChI=1S/C31H35N3O6S/c1-3-40-31(38)25(19-21-7-5-4-6-8-21)32-29(37)26-20-41-30(33-26)23-15-17-34(18-16-23)28(36)14-13-27(35)22-9-11-24(39-2)12-10-22/h4-12,20,23,25H,3,13-19H2,1-2H3,(H,32,37). The first-order valence-corrected chi connectivity index (χ1v) is 14.7. The first-order valence-electron chi connectivity index (χ1n) is 13.8. The second kappa shape index (κ2) is 14.5. The van der Waals surface area contributed by atoms with Crippen molar-refractivity contribution in [2.24, 2.45) is 0 Å². The van der Waals surface area contributed by atoms with E-state index in [-0.39, 0.29) is 42.8 Å². The average Bonchev–Trinajstić information content (AvgIpc) is 3.51. The van der Waals surface area contributed by atoms with E-state index in [4.69, 9.17) is 9.47 Å². The van der Waals surface area contributed by atoms with Gasteiger partial charge < -0.3 is 19.7 Å². The second-order valence-electron chi connectivity index (χ2n) is 9.85. The van der Waals surface area contributed by atoms with Crippen LogP contribution >= 0.6 is 11.3 Å². The van der Waals surface area contributed by atoms with E-state index in [0.29, 0.717) is 30.8 Å². The van der Waals surface area contributed by atoms with Crippen LogP contribution in [0.4, 0.5) is 0 Å². The SMILES string of the molecule is CCOC(=O)C(Cc1ccccc1)NC(=O)c1csc(C2CCN(C(=O)CCC(=O)c3ccc(OC)cc3)CC2)n1. The summed E-state index contributed by atoms with van der Waals surface area (Å²) < 4.78 is 10.3. The van der Waals surface area contributed by atoms with Crippen molar-refractivity contribution in [3.05, 3.63) is 81.8 Å². The molecule has 0 bridgehead atoms. The monoisotopic (exact) mass is 577 g/mol. The number of rotatable bonds is 12. The van der Waals surface area contributed by atoms with Gasteiger partial charge in [-0.2, -0.15) is 0 Å². The summed E-state index contributed by atoms with van der Waals surface area (Å²) in [7, 11) is 1.57. The number of carbonyl (C=O) groups excluding carboxylic acids is 4. The van der Waals surface area contributed by atoms with Crippen LogP contribution in [0, 0.1) is 0 Å². The number of ether oxygens (including phenoxy) is 2. The maximum Gasteiger partial charge on any atom is 0.328 e. The van der Waals surface area contributed by atoms with Crippen LogP contribution in [0.1, 0.15) is 69.9 Å². The molecule has 1 aliphatic heterocycles. The first-order chi connectivity index (χ1) is 19.9. The number of amides is 2. The van der Waals surface area contributed by atoms with Crippen molar-refractivity contribution in [1.82, 2.24) is 15.2 Å². The summed E-state index contributed by atoms with van der Waals surface area (Å²) in [6.07, 6.45) is 2.10. The molecule has 2 aromatic carbocycles. The van der Waals surface area contributed by atoms with Crippen molar-refractivity contribution in [2.75, 3.05) is 26.8 Å². The van der Waals surface area contributed by atoms with E-state index >= 15 is 0 Å². The zero-order chi connectivity index (χ0) is 29.2. The Hall–Kier alpha value is -4.05. The van der Waals surface area contributed by atoms with Crippen LogP contribution in [-0.2, 0) is 20.7 Å². The van der Waals surface area contributed by atoms with Gasteiger partial charge in [-0.3, -0.25) is 14.4 Å². The van der Waals surface area contributed by atoms with Gasteiger partial charge in [0.1, 0.15) is 17.5 Å². The summed E-state index contributed by atoms with van der Waals surface area (Å²) in [4.78, 5) is 57.1. The maximum atomic E-state index is 13.0. The summed E-state index contributed by atoms with van der Waals surface area (Å²) >= 11 is 1.41. The van der Waals surface area contributed by atoms with Gasteiger partial charge in [0.15, 0.2) is 5.78 Å². The van der Waals surface area contributed by atoms with Crippen molar-refractivity contribution >= 4 is 34.9 Å². The number of piperidine rings is 1. The highest BCUT2D eigenvalue weighted by atomic mass is 32.1. The highest BCUT2D eigenvalue weighted by Crippen LogP contribution is 2.30. The highest BCUT2D eigenvalue weighted by molar-refractivity contribution is 7.09. The fraction of sp³-hybridized carbons (Fsp3) is 0.387. The molecule has 0 spiro atoms. The van der Waals surface area contributed by atoms with Crippen LogP contribution in [0.15, 0.2) is 60.0 Å². The largest absolute Gasteiger partial charge is 0.497 e. The Kier molecular flexibility index (Phi) is 10.6. The third-order valence-corrected chi connectivity index (χ3v) is 8.10. The van der Waals surface area contributed by atoms with Gasteiger partial charge in [0.2, 0.25) is 5.91 Å². The lowest BCUT2D eigenvalue weighted by Crippen LogP contribution is -2.43. The van der Waals surface area contributed by atoms with Crippen LogP contribution in [0.2, 0.25) is 0 Å². The number of hydrogen-bond acceptors (Lipinski definition) is 8. The molecule has 0 saturated carbocycles. The Morgan fingerprint density at radius 3 is 2.39 bits per heavy atom. The molecule has 9 nitrogen and oxygen atoms in total. The number of likely N-dealkylation sites (tertiary alicyclic amines) is 1. The van der Waals surface area contributed by atoms with Crippen LogP contribution < -0.4 is 10.1 Å². The van der Waals surface area contributed by atoms with E-state index in [1.807, 2.05) is 30.3 Å². The Balaban J connectivity index is 1.27. The summed E-state index contributed by atoms with van der Waals surface area (Å²) in [5.74, 6) is -0.195. The Morgan fingerprint density at radius 2 is 1.73 bits per heavy atom. The van der Waals surface area contributed by atoms with Crippen molar-refractivity contribution < 1.29 is 28.7 Å². The molecule has 1 saturated heterocycles. The number of nitrogens with zero attached hydrogens (tertiary/aromatic N) is 2. The average molecular weight is 578 g/mol. The van der Waals surface area contributed by atoms with Gasteiger partial charge in [-0.25, -0.2) is 9.78 Å².